The van der Waals surface area contributed by atoms with Crippen molar-refractivity contribution >= 4 is 18.3 Å². The molecule has 2 saturated heterocycles. The van der Waals surface area contributed by atoms with Gasteiger partial charge < -0.3 is 10.6 Å². The summed E-state index contributed by atoms with van der Waals surface area (Å²) in [4.78, 5) is 11.2. The van der Waals surface area contributed by atoms with Gasteiger partial charge in [0, 0.05) is 12.0 Å². The van der Waals surface area contributed by atoms with Crippen molar-refractivity contribution in [1.82, 2.24) is 10.6 Å². The first kappa shape index (κ1) is 10.8. The van der Waals surface area contributed by atoms with E-state index in [0.717, 1.165) is 38.8 Å². The summed E-state index contributed by atoms with van der Waals surface area (Å²) in [6.07, 6.45) is 5.21. The first-order chi connectivity index (χ1) is 5.81. The molecule has 0 aromatic carbocycles. The van der Waals surface area contributed by atoms with Crippen LogP contribution in [0.5, 0.6) is 0 Å². The Morgan fingerprint density at radius 1 is 1.15 bits per heavy atom. The Balaban J connectivity index is 0.000000845. The molecule has 1 amide bonds. The minimum Gasteiger partial charge on any atom is -0.351 e. The second-order valence-corrected chi connectivity index (χ2v) is 3.93. The van der Waals surface area contributed by atoms with E-state index in [2.05, 4.69) is 10.6 Å². The minimum atomic E-state index is 0. The molecule has 0 atom stereocenters. The summed E-state index contributed by atoms with van der Waals surface area (Å²) in [7, 11) is 0. The van der Waals surface area contributed by atoms with Crippen LogP contribution in [0.15, 0.2) is 0 Å². The van der Waals surface area contributed by atoms with Crippen LogP contribution >= 0.6 is 12.4 Å². The zero-order chi connectivity index (χ0) is 8.44. The summed E-state index contributed by atoms with van der Waals surface area (Å²) < 4.78 is 0. The first-order valence-corrected chi connectivity index (χ1v) is 4.83. The van der Waals surface area contributed by atoms with E-state index in [4.69, 9.17) is 0 Å². The van der Waals surface area contributed by atoms with Crippen LogP contribution in [0.25, 0.3) is 0 Å². The third-order valence-electron chi connectivity index (χ3n) is 3.02. The van der Waals surface area contributed by atoms with E-state index < -0.39 is 0 Å². The first-order valence-electron chi connectivity index (χ1n) is 4.83. The Labute approximate surface area is 85.1 Å². The summed E-state index contributed by atoms with van der Waals surface area (Å²) >= 11 is 0. The highest BCUT2D eigenvalue weighted by molar-refractivity contribution is 5.85. The average Bonchev–Trinajstić information content (AvgIpc) is 2.05. The maximum absolute atomic E-state index is 11.2. The molecule has 0 saturated carbocycles. The van der Waals surface area contributed by atoms with E-state index in [1.54, 1.807) is 0 Å². The van der Waals surface area contributed by atoms with Crippen molar-refractivity contribution < 1.29 is 4.79 Å². The molecular weight excluding hydrogens is 188 g/mol. The number of hydrogen-bond donors (Lipinski definition) is 2. The number of piperidine rings is 2. The zero-order valence-electron chi connectivity index (χ0n) is 7.77. The molecule has 2 aliphatic rings. The van der Waals surface area contributed by atoms with Crippen molar-refractivity contribution in [2.24, 2.45) is 0 Å². The fourth-order valence-corrected chi connectivity index (χ4v) is 2.29. The summed E-state index contributed by atoms with van der Waals surface area (Å²) in [5.41, 5.74) is 0.167. The minimum absolute atomic E-state index is 0. The average molecular weight is 205 g/mol. The van der Waals surface area contributed by atoms with E-state index in [-0.39, 0.29) is 23.9 Å². The molecule has 2 N–H and O–H groups in total. The number of nitrogens with one attached hydrogen (secondary N) is 2. The van der Waals surface area contributed by atoms with Crippen LogP contribution in [0.2, 0.25) is 0 Å². The number of halogens is 1. The van der Waals surface area contributed by atoms with Gasteiger partial charge in [0.25, 0.3) is 0 Å². The van der Waals surface area contributed by atoms with Crippen LogP contribution in [0, 0.1) is 0 Å². The molecule has 13 heavy (non-hydrogen) atoms. The summed E-state index contributed by atoms with van der Waals surface area (Å²) in [6, 6.07) is 0. The van der Waals surface area contributed by atoms with Crippen molar-refractivity contribution in [2.75, 3.05) is 13.1 Å². The van der Waals surface area contributed by atoms with Gasteiger partial charge >= 0.3 is 0 Å². The van der Waals surface area contributed by atoms with Gasteiger partial charge in [-0.15, -0.1) is 12.4 Å². The van der Waals surface area contributed by atoms with Crippen molar-refractivity contribution in [1.29, 1.82) is 0 Å². The van der Waals surface area contributed by atoms with Gasteiger partial charge in [0.1, 0.15) is 0 Å². The normalized spacial score (nSPS) is 26.3. The van der Waals surface area contributed by atoms with Crippen LogP contribution in [0.3, 0.4) is 0 Å². The molecule has 0 radical (unpaired) electrons. The van der Waals surface area contributed by atoms with E-state index in [0.29, 0.717) is 0 Å². The van der Waals surface area contributed by atoms with E-state index in [1.165, 1.54) is 6.42 Å². The summed E-state index contributed by atoms with van der Waals surface area (Å²) in [5.74, 6) is 0.253. The lowest BCUT2D eigenvalue weighted by Gasteiger charge is -2.41. The molecule has 2 fully saturated rings. The molecule has 2 rings (SSSR count). The highest BCUT2D eigenvalue weighted by Gasteiger charge is 2.35. The molecule has 3 nitrogen and oxygen atoms in total. The van der Waals surface area contributed by atoms with Gasteiger partial charge in [-0.2, -0.15) is 0 Å². The molecule has 0 unspecified atom stereocenters. The van der Waals surface area contributed by atoms with Crippen molar-refractivity contribution in [3.63, 3.8) is 0 Å². The maximum Gasteiger partial charge on any atom is 0.220 e. The molecule has 2 aliphatic heterocycles. The Morgan fingerprint density at radius 3 is 2.46 bits per heavy atom. The second kappa shape index (κ2) is 4.29. The van der Waals surface area contributed by atoms with Crippen LogP contribution in [0.4, 0.5) is 0 Å². The molecule has 0 aliphatic carbocycles. The lowest BCUT2D eigenvalue weighted by atomic mass is 9.81. The SMILES string of the molecule is Cl.O=C1CCCC2(CCNCC2)N1. The Morgan fingerprint density at radius 2 is 1.85 bits per heavy atom. The molecule has 0 aromatic rings. The predicted octanol–water partition coefficient (Wildman–Crippen LogP) is 0.830. The lowest BCUT2D eigenvalue weighted by Crippen LogP contribution is -2.56. The molecule has 76 valence electrons. The highest BCUT2D eigenvalue weighted by atomic mass is 35.5. The number of amides is 1. The van der Waals surface area contributed by atoms with Crippen LogP contribution in [0.1, 0.15) is 32.1 Å². The topological polar surface area (TPSA) is 41.1 Å². The quantitative estimate of drug-likeness (QED) is 0.614. The third-order valence-corrected chi connectivity index (χ3v) is 3.02. The van der Waals surface area contributed by atoms with Gasteiger partial charge in [-0.3, -0.25) is 4.79 Å². The maximum atomic E-state index is 11.2. The number of carbonyl (C=O) groups is 1. The zero-order valence-corrected chi connectivity index (χ0v) is 8.58. The fourth-order valence-electron chi connectivity index (χ4n) is 2.29. The summed E-state index contributed by atoms with van der Waals surface area (Å²) in [6.45, 7) is 2.11. The third kappa shape index (κ3) is 2.35. The van der Waals surface area contributed by atoms with E-state index in [1.807, 2.05) is 0 Å². The van der Waals surface area contributed by atoms with Gasteiger partial charge in [0.2, 0.25) is 5.91 Å². The predicted molar refractivity (Wildman–Crippen MR) is 54.1 cm³/mol. The Hall–Kier alpha value is -0.280. The number of hydrogen-bond acceptors (Lipinski definition) is 2. The molecule has 0 bridgehead atoms. The lowest BCUT2D eigenvalue weighted by molar-refractivity contribution is -0.125. The second-order valence-electron chi connectivity index (χ2n) is 3.93. The van der Waals surface area contributed by atoms with Crippen LogP contribution in [-0.4, -0.2) is 24.5 Å². The number of rotatable bonds is 0. The van der Waals surface area contributed by atoms with Gasteiger partial charge in [-0.05, 0) is 38.8 Å². The van der Waals surface area contributed by atoms with Crippen molar-refractivity contribution in [3.05, 3.63) is 0 Å². The van der Waals surface area contributed by atoms with Crippen LogP contribution in [-0.2, 0) is 4.79 Å². The molecule has 1 spiro atoms. The van der Waals surface area contributed by atoms with Gasteiger partial charge in [0.05, 0.1) is 0 Å². The monoisotopic (exact) mass is 204 g/mol. The molecule has 2 heterocycles. The Bertz CT molecular complexity index is 185. The van der Waals surface area contributed by atoms with Crippen molar-refractivity contribution in [3.8, 4) is 0 Å². The van der Waals surface area contributed by atoms with Gasteiger partial charge in [0.15, 0.2) is 0 Å². The Kier molecular flexibility index (Phi) is 3.56. The molecular formula is C9H17ClN2O. The highest BCUT2D eigenvalue weighted by Crippen LogP contribution is 2.27. The number of carbonyl (C=O) groups excluding carboxylic acids is 1. The fraction of sp³-hybridized carbons (Fsp3) is 0.889. The molecule has 4 heteroatoms. The van der Waals surface area contributed by atoms with Crippen molar-refractivity contribution in [2.45, 2.75) is 37.6 Å². The summed E-state index contributed by atoms with van der Waals surface area (Å²) in [5, 5.41) is 6.47. The van der Waals surface area contributed by atoms with Gasteiger partial charge in [-0.1, -0.05) is 0 Å². The van der Waals surface area contributed by atoms with Crippen LogP contribution < -0.4 is 10.6 Å². The van der Waals surface area contributed by atoms with Gasteiger partial charge in [-0.25, -0.2) is 0 Å². The van der Waals surface area contributed by atoms with E-state index in [9.17, 15) is 4.79 Å². The molecule has 0 aromatic heterocycles. The standard InChI is InChI=1S/C9H16N2O.ClH/c12-8-2-1-3-9(11-8)4-6-10-7-5-9;/h10H,1-7H2,(H,11,12);1H. The smallest absolute Gasteiger partial charge is 0.220 e. The van der Waals surface area contributed by atoms with E-state index >= 15 is 0 Å². The largest absolute Gasteiger partial charge is 0.351 e.